The van der Waals surface area contributed by atoms with E-state index in [9.17, 15) is 9.59 Å². The van der Waals surface area contributed by atoms with E-state index in [1.807, 2.05) is 13.8 Å². The van der Waals surface area contributed by atoms with E-state index in [0.717, 1.165) is 12.8 Å². The number of carbonyl (C=O) groups excluding carboxylic acids is 1. The number of urea groups is 1. The number of aliphatic carboxylic acids is 1. The molecule has 7 nitrogen and oxygen atoms in total. The van der Waals surface area contributed by atoms with Crippen molar-refractivity contribution in [2.45, 2.75) is 38.9 Å². The molecule has 2 N–H and O–H groups in total. The highest BCUT2D eigenvalue weighted by atomic mass is 16.7. The minimum atomic E-state index is -0.941. The van der Waals surface area contributed by atoms with Crippen molar-refractivity contribution in [2.24, 2.45) is 0 Å². The first-order chi connectivity index (χ1) is 10.9. The average molecular weight is 322 g/mol. The largest absolute Gasteiger partial charge is 0.481 e. The summed E-state index contributed by atoms with van der Waals surface area (Å²) in [7, 11) is 1.55. The van der Waals surface area contributed by atoms with Crippen LogP contribution in [-0.2, 0) is 4.79 Å². The fourth-order valence-corrected chi connectivity index (χ4v) is 2.29. The number of anilines is 1. The summed E-state index contributed by atoms with van der Waals surface area (Å²) in [5, 5.41) is 11.4. The molecule has 126 valence electrons. The van der Waals surface area contributed by atoms with E-state index in [1.54, 1.807) is 25.2 Å². The van der Waals surface area contributed by atoms with Crippen LogP contribution in [0.4, 0.5) is 10.5 Å². The van der Waals surface area contributed by atoms with Crippen molar-refractivity contribution < 1.29 is 24.2 Å². The summed E-state index contributed by atoms with van der Waals surface area (Å²) in [5.41, 5.74) is 0.572. The number of carboxylic acids is 1. The van der Waals surface area contributed by atoms with Crippen molar-refractivity contribution in [1.29, 1.82) is 0 Å². The molecule has 2 amide bonds. The van der Waals surface area contributed by atoms with Gasteiger partial charge in [0.25, 0.3) is 5.79 Å². The van der Waals surface area contributed by atoms with Gasteiger partial charge in [-0.05, 0) is 12.1 Å². The van der Waals surface area contributed by atoms with Gasteiger partial charge in [0.05, 0.1) is 6.42 Å². The van der Waals surface area contributed by atoms with Gasteiger partial charge in [0.2, 0.25) is 0 Å². The van der Waals surface area contributed by atoms with Gasteiger partial charge in [0.15, 0.2) is 11.5 Å². The SMILES string of the molecule is CCC1(CC)Oc2ccc(NC(=O)N(C)CCC(=O)O)cc2O1. The third kappa shape index (κ3) is 3.85. The molecule has 2 rings (SSSR count). The molecule has 0 saturated heterocycles. The standard InChI is InChI=1S/C16H22N2O5/c1-4-16(5-2)22-12-7-6-11(10-13(12)23-16)17-15(21)18(3)9-8-14(19)20/h6-7,10H,4-5,8-9H2,1-3H3,(H,17,21)(H,19,20). The van der Waals surface area contributed by atoms with Crippen LogP contribution in [-0.4, -0.2) is 41.4 Å². The third-order valence-corrected chi connectivity index (χ3v) is 3.87. The predicted octanol–water partition coefficient (Wildman–Crippen LogP) is 2.91. The summed E-state index contributed by atoms with van der Waals surface area (Å²) in [6.07, 6.45) is 1.34. The maximum Gasteiger partial charge on any atom is 0.321 e. The van der Waals surface area contributed by atoms with Crippen molar-refractivity contribution in [3.05, 3.63) is 18.2 Å². The molecule has 1 aliphatic heterocycles. The summed E-state index contributed by atoms with van der Waals surface area (Å²) in [5.74, 6) is -0.322. The second-order valence-corrected chi connectivity index (χ2v) is 5.48. The second-order valence-electron chi connectivity index (χ2n) is 5.48. The Hall–Kier alpha value is -2.44. The molecule has 23 heavy (non-hydrogen) atoms. The van der Waals surface area contributed by atoms with Crippen molar-refractivity contribution in [1.82, 2.24) is 4.90 Å². The smallest absolute Gasteiger partial charge is 0.321 e. The zero-order chi connectivity index (χ0) is 17.0. The van der Waals surface area contributed by atoms with Crippen LogP contribution in [0.15, 0.2) is 18.2 Å². The minimum Gasteiger partial charge on any atom is -0.481 e. The van der Waals surface area contributed by atoms with Gasteiger partial charge in [-0.15, -0.1) is 0 Å². The summed E-state index contributed by atoms with van der Waals surface area (Å²) < 4.78 is 11.7. The second kappa shape index (κ2) is 6.76. The van der Waals surface area contributed by atoms with Gasteiger partial charge < -0.3 is 24.8 Å². The Morgan fingerprint density at radius 3 is 2.48 bits per heavy atom. The van der Waals surface area contributed by atoms with Crippen molar-refractivity contribution in [3.8, 4) is 11.5 Å². The molecule has 0 aromatic heterocycles. The lowest BCUT2D eigenvalue weighted by atomic mass is 10.1. The van der Waals surface area contributed by atoms with Crippen LogP contribution in [0.3, 0.4) is 0 Å². The number of carboxylic acid groups (broad SMARTS) is 1. The highest BCUT2D eigenvalue weighted by molar-refractivity contribution is 5.89. The van der Waals surface area contributed by atoms with Crippen molar-refractivity contribution in [2.75, 3.05) is 18.9 Å². The predicted molar refractivity (Wildman–Crippen MR) is 84.9 cm³/mol. The first-order valence-corrected chi connectivity index (χ1v) is 7.65. The molecule has 0 bridgehead atoms. The van der Waals surface area contributed by atoms with Crippen LogP contribution in [0, 0.1) is 0 Å². The fourth-order valence-electron chi connectivity index (χ4n) is 2.29. The monoisotopic (exact) mass is 322 g/mol. The van der Waals surface area contributed by atoms with Crippen LogP contribution in [0.2, 0.25) is 0 Å². The molecule has 1 aromatic carbocycles. The number of fused-ring (bicyclic) bond motifs is 1. The number of carbonyl (C=O) groups is 2. The number of nitrogens with zero attached hydrogens (tertiary/aromatic N) is 1. The molecule has 0 spiro atoms. The van der Waals surface area contributed by atoms with E-state index in [0.29, 0.717) is 17.2 Å². The molecule has 0 saturated carbocycles. The molecule has 1 aromatic rings. The Morgan fingerprint density at radius 2 is 1.87 bits per heavy atom. The molecule has 0 unspecified atom stereocenters. The summed E-state index contributed by atoms with van der Waals surface area (Å²) in [6, 6.07) is 4.83. The lowest BCUT2D eigenvalue weighted by Crippen LogP contribution is -2.36. The Labute approximate surface area is 135 Å². The highest BCUT2D eigenvalue weighted by Gasteiger charge is 2.38. The molecule has 0 aliphatic carbocycles. The number of amides is 2. The molecule has 7 heteroatoms. The summed E-state index contributed by atoms with van der Waals surface area (Å²) >= 11 is 0. The van der Waals surface area contributed by atoms with Gasteiger partial charge in [0.1, 0.15) is 0 Å². The molecular formula is C16H22N2O5. The van der Waals surface area contributed by atoms with Crippen LogP contribution < -0.4 is 14.8 Å². The summed E-state index contributed by atoms with van der Waals surface area (Å²) in [4.78, 5) is 23.9. The van der Waals surface area contributed by atoms with Crippen LogP contribution in [0.1, 0.15) is 33.1 Å². The van der Waals surface area contributed by atoms with E-state index < -0.39 is 11.8 Å². The van der Waals surface area contributed by atoms with Crippen LogP contribution in [0.5, 0.6) is 11.5 Å². The Morgan fingerprint density at radius 1 is 1.22 bits per heavy atom. The zero-order valence-electron chi connectivity index (χ0n) is 13.6. The molecule has 1 heterocycles. The first kappa shape index (κ1) is 16.9. The quantitative estimate of drug-likeness (QED) is 0.840. The lowest BCUT2D eigenvalue weighted by Gasteiger charge is -2.24. The van der Waals surface area contributed by atoms with E-state index in [4.69, 9.17) is 14.6 Å². The van der Waals surface area contributed by atoms with Gasteiger partial charge >= 0.3 is 12.0 Å². The van der Waals surface area contributed by atoms with Gasteiger partial charge in [-0.25, -0.2) is 4.79 Å². The topological polar surface area (TPSA) is 88.1 Å². The fraction of sp³-hybridized carbons (Fsp3) is 0.500. The van der Waals surface area contributed by atoms with Gasteiger partial charge in [-0.3, -0.25) is 4.79 Å². The zero-order valence-corrected chi connectivity index (χ0v) is 13.6. The first-order valence-electron chi connectivity index (χ1n) is 7.65. The Kier molecular flexibility index (Phi) is 4.98. The molecule has 1 aliphatic rings. The van der Waals surface area contributed by atoms with Crippen molar-refractivity contribution in [3.63, 3.8) is 0 Å². The van der Waals surface area contributed by atoms with Gasteiger partial charge in [0, 0.05) is 38.2 Å². The Bertz CT molecular complexity index is 598. The number of ether oxygens (including phenoxy) is 2. The third-order valence-electron chi connectivity index (χ3n) is 3.87. The highest BCUT2D eigenvalue weighted by Crippen LogP contribution is 2.43. The molecule has 0 radical (unpaired) electrons. The maximum atomic E-state index is 12.0. The minimum absolute atomic E-state index is 0.0966. The lowest BCUT2D eigenvalue weighted by molar-refractivity contribution is -0.137. The maximum absolute atomic E-state index is 12.0. The average Bonchev–Trinajstić information content (AvgIpc) is 2.91. The number of benzene rings is 1. The van der Waals surface area contributed by atoms with Gasteiger partial charge in [-0.1, -0.05) is 13.8 Å². The van der Waals surface area contributed by atoms with E-state index >= 15 is 0 Å². The van der Waals surface area contributed by atoms with Crippen LogP contribution in [0.25, 0.3) is 0 Å². The summed E-state index contributed by atoms with van der Waals surface area (Å²) in [6.45, 7) is 4.13. The molecule has 0 atom stereocenters. The normalized spacial score (nSPS) is 14.4. The number of hydrogen-bond donors (Lipinski definition) is 2. The van der Waals surface area contributed by atoms with E-state index in [2.05, 4.69) is 5.32 Å². The molecular weight excluding hydrogens is 300 g/mol. The van der Waals surface area contributed by atoms with Crippen molar-refractivity contribution >= 4 is 17.7 Å². The van der Waals surface area contributed by atoms with E-state index in [1.165, 1.54) is 4.90 Å². The number of hydrogen-bond acceptors (Lipinski definition) is 4. The van der Waals surface area contributed by atoms with Crippen LogP contribution >= 0.6 is 0 Å². The number of rotatable bonds is 6. The van der Waals surface area contributed by atoms with Gasteiger partial charge in [-0.2, -0.15) is 0 Å². The van der Waals surface area contributed by atoms with E-state index in [-0.39, 0.29) is 19.0 Å². The number of nitrogens with one attached hydrogen (secondary N) is 1. The molecule has 0 fully saturated rings. The Balaban J connectivity index is 2.01.